The van der Waals surface area contributed by atoms with Crippen molar-refractivity contribution in [2.45, 2.75) is 6.42 Å². The monoisotopic (exact) mass is 297 g/mol. The zero-order valence-electron chi connectivity index (χ0n) is 12.6. The number of hydrogen-bond donors (Lipinski definition) is 0. The largest absolute Gasteiger partial charge is 0.252 e. The summed E-state index contributed by atoms with van der Waals surface area (Å²) in [6, 6.07) is 22.6. The summed E-state index contributed by atoms with van der Waals surface area (Å²) in [5.41, 5.74) is 4.37. The first-order valence-corrected chi connectivity index (χ1v) is 7.59. The summed E-state index contributed by atoms with van der Waals surface area (Å²) in [5.74, 6) is 0.753. The van der Waals surface area contributed by atoms with Crippen LogP contribution in [0.1, 0.15) is 11.3 Å². The van der Waals surface area contributed by atoms with Crippen LogP contribution in [0, 0.1) is 0 Å². The molecule has 0 aliphatic carbocycles. The van der Waals surface area contributed by atoms with E-state index >= 15 is 0 Å². The molecule has 4 aromatic rings. The highest BCUT2D eigenvalue weighted by Gasteiger charge is 2.03. The topological polar surface area (TPSA) is 38.7 Å². The van der Waals surface area contributed by atoms with Crippen molar-refractivity contribution in [3.05, 3.63) is 90.4 Å². The zero-order chi connectivity index (χ0) is 15.5. The quantitative estimate of drug-likeness (QED) is 0.566. The molecule has 0 amide bonds. The van der Waals surface area contributed by atoms with Crippen molar-refractivity contribution < 1.29 is 0 Å². The van der Waals surface area contributed by atoms with Gasteiger partial charge in [0.25, 0.3) is 0 Å². The van der Waals surface area contributed by atoms with E-state index in [1.54, 1.807) is 12.4 Å². The minimum atomic E-state index is 0.753. The van der Waals surface area contributed by atoms with Gasteiger partial charge in [0, 0.05) is 35.5 Å². The maximum absolute atomic E-state index is 4.73. The number of hydrogen-bond acceptors (Lipinski definition) is 3. The summed E-state index contributed by atoms with van der Waals surface area (Å²) in [7, 11) is 0. The molecular weight excluding hydrogens is 282 g/mol. The molecule has 0 bridgehead atoms. The maximum atomic E-state index is 4.73. The molecule has 2 aromatic carbocycles. The lowest BCUT2D eigenvalue weighted by molar-refractivity contribution is 1.10. The van der Waals surface area contributed by atoms with E-state index in [1.807, 2.05) is 18.2 Å². The second kappa shape index (κ2) is 5.97. The van der Waals surface area contributed by atoms with E-state index in [4.69, 9.17) is 4.98 Å². The third-order valence-electron chi connectivity index (χ3n) is 3.82. The smallest absolute Gasteiger partial charge is 0.159 e. The number of pyridine rings is 1. The van der Waals surface area contributed by atoms with Crippen LogP contribution in [0.2, 0.25) is 0 Å². The zero-order valence-corrected chi connectivity index (χ0v) is 12.6. The Bertz CT molecular complexity index is 932. The molecule has 0 unspecified atom stereocenters. The first-order valence-electron chi connectivity index (χ1n) is 7.59. The molecule has 0 spiro atoms. The Labute approximate surface area is 134 Å². The number of benzene rings is 2. The third-order valence-corrected chi connectivity index (χ3v) is 3.82. The van der Waals surface area contributed by atoms with Gasteiger partial charge in [0.2, 0.25) is 0 Å². The molecule has 0 saturated carbocycles. The van der Waals surface area contributed by atoms with Crippen molar-refractivity contribution in [2.24, 2.45) is 0 Å². The van der Waals surface area contributed by atoms with Crippen LogP contribution in [-0.2, 0) is 6.42 Å². The first-order chi connectivity index (χ1) is 11.4. The highest BCUT2D eigenvalue weighted by Crippen LogP contribution is 2.18. The van der Waals surface area contributed by atoms with E-state index in [1.165, 1.54) is 10.9 Å². The third kappa shape index (κ3) is 2.94. The SMILES string of the molecule is c1cnc(-c2ccc(Cc3ccc4ccccc4n3)cc2)nc1. The van der Waals surface area contributed by atoms with Gasteiger partial charge < -0.3 is 0 Å². The molecule has 0 atom stereocenters. The van der Waals surface area contributed by atoms with Gasteiger partial charge in [-0.05, 0) is 23.8 Å². The second-order valence-corrected chi connectivity index (χ2v) is 5.44. The van der Waals surface area contributed by atoms with Crippen molar-refractivity contribution in [2.75, 3.05) is 0 Å². The summed E-state index contributed by atoms with van der Waals surface area (Å²) in [6.45, 7) is 0. The Balaban J connectivity index is 1.58. The van der Waals surface area contributed by atoms with E-state index in [9.17, 15) is 0 Å². The Morgan fingerprint density at radius 3 is 2.30 bits per heavy atom. The highest BCUT2D eigenvalue weighted by molar-refractivity contribution is 5.78. The fourth-order valence-corrected chi connectivity index (χ4v) is 2.64. The minimum absolute atomic E-state index is 0.753. The predicted molar refractivity (Wildman–Crippen MR) is 92.0 cm³/mol. The van der Waals surface area contributed by atoms with Crippen LogP contribution in [0.3, 0.4) is 0 Å². The summed E-state index contributed by atoms with van der Waals surface area (Å²) in [6.07, 6.45) is 4.34. The van der Waals surface area contributed by atoms with Crippen LogP contribution in [-0.4, -0.2) is 15.0 Å². The van der Waals surface area contributed by atoms with Gasteiger partial charge in [-0.2, -0.15) is 0 Å². The summed E-state index contributed by atoms with van der Waals surface area (Å²) in [4.78, 5) is 13.3. The second-order valence-electron chi connectivity index (χ2n) is 5.44. The van der Waals surface area contributed by atoms with Gasteiger partial charge in [-0.15, -0.1) is 0 Å². The maximum Gasteiger partial charge on any atom is 0.159 e. The van der Waals surface area contributed by atoms with Crippen molar-refractivity contribution in [3.63, 3.8) is 0 Å². The van der Waals surface area contributed by atoms with Crippen molar-refractivity contribution in [1.82, 2.24) is 15.0 Å². The van der Waals surface area contributed by atoms with Crippen LogP contribution in [0.15, 0.2) is 79.1 Å². The van der Waals surface area contributed by atoms with Crippen LogP contribution < -0.4 is 0 Å². The van der Waals surface area contributed by atoms with E-state index in [0.717, 1.165) is 29.0 Å². The Morgan fingerprint density at radius 2 is 1.48 bits per heavy atom. The number of rotatable bonds is 3. The van der Waals surface area contributed by atoms with Crippen molar-refractivity contribution in [1.29, 1.82) is 0 Å². The Kier molecular flexibility index (Phi) is 3.53. The van der Waals surface area contributed by atoms with Crippen LogP contribution in [0.4, 0.5) is 0 Å². The average molecular weight is 297 g/mol. The summed E-state index contributed by atoms with van der Waals surface area (Å²) in [5, 5.41) is 1.17. The lowest BCUT2D eigenvalue weighted by Crippen LogP contribution is -1.93. The normalized spacial score (nSPS) is 10.8. The molecule has 0 fully saturated rings. The lowest BCUT2D eigenvalue weighted by Gasteiger charge is -2.05. The molecule has 23 heavy (non-hydrogen) atoms. The number of nitrogens with zero attached hydrogens (tertiary/aromatic N) is 3. The molecule has 0 radical (unpaired) electrons. The fraction of sp³-hybridized carbons (Fsp3) is 0.0500. The fourth-order valence-electron chi connectivity index (χ4n) is 2.64. The molecule has 0 N–H and O–H groups in total. The minimum Gasteiger partial charge on any atom is -0.252 e. The van der Waals surface area contributed by atoms with E-state index in [-0.39, 0.29) is 0 Å². The van der Waals surface area contributed by atoms with Crippen LogP contribution in [0.5, 0.6) is 0 Å². The molecule has 3 nitrogen and oxygen atoms in total. The summed E-state index contributed by atoms with van der Waals surface area (Å²) >= 11 is 0. The molecular formula is C20H15N3. The van der Waals surface area contributed by atoms with Crippen molar-refractivity contribution in [3.8, 4) is 11.4 Å². The lowest BCUT2D eigenvalue weighted by atomic mass is 10.1. The number of fused-ring (bicyclic) bond motifs is 1. The number of aromatic nitrogens is 3. The van der Waals surface area contributed by atoms with Gasteiger partial charge in [0.15, 0.2) is 5.82 Å². The molecule has 2 heterocycles. The van der Waals surface area contributed by atoms with Gasteiger partial charge in [-0.25, -0.2) is 9.97 Å². The van der Waals surface area contributed by atoms with Gasteiger partial charge in [0.1, 0.15) is 0 Å². The molecule has 4 rings (SSSR count). The molecule has 110 valence electrons. The Morgan fingerprint density at radius 1 is 0.696 bits per heavy atom. The van der Waals surface area contributed by atoms with E-state index < -0.39 is 0 Å². The predicted octanol–water partition coefficient (Wildman–Crippen LogP) is 4.28. The standard InChI is InChI=1S/C20H15N3/c1-2-5-19-16(4-1)10-11-18(23-19)14-15-6-8-17(9-7-15)20-21-12-3-13-22-20/h1-13H,14H2. The molecule has 3 heteroatoms. The molecule has 0 aliphatic heterocycles. The molecule has 0 aliphatic rings. The van der Waals surface area contributed by atoms with Gasteiger partial charge in [0.05, 0.1) is 5.52 Å². The Hall–Kier alpha value is -3.07. The molecule has 2 aromatic heterocycles. The average Bonchev–Trinajstić information content (AvgIpc) is 2.63. The highest BCUT2D eigenvalue weighted by atomic mass is 14.8. The summed E-state index contributed by atoms with van der Waals surface area (Å²) < 4.78 is 0. The van der Waals surface area contributed by atoms with Gasteiger partial charge in [-0.3, -0.25) is 4.98 Å². The number of para-hydroxylation sites is 1. The molecule has 0 saturated heterocycles. The van der Waals surface area contributed by atoms with Gasteiger partial charge in [-0.1, -0.05) is 48.5 Å². The van der Waals surface area contributed by atoms with E-state index in [0.29, 0.717) is 0 Å². The van der Waals surface area contributed by atoms with Gasteiger partial charge >= 0.3 is 0 Å². The van der Waals surface area contributed by atoms with Crippen LogP contribution in [0.25, 0.3) is 22.3 Å². The van der Waals surface area contributed by atoms with E-state index in [2.05, 4.69) is 58.5 Å². The first kappa shape index (κ1) is 13.6. The van der Waals surface area contributed by atoms with Crippen LogP contribution >= 0.6 is 0 Å². The van der Waals surface area contributed by atoms with Crippen molar-refractivity contribution >= 4 is 10.9 Å².